The average molecular weight is 330 g/mol. The largest absolute Gasteiger partial charge is 0.394 e. The average Bonchev–Trinajstić information content (AvgIpc) is 2.37. The third kappa shape index (κ3) is 3.48. The van der Waals surface area contributed by atoms with E-state index in [1.165, 1.54) is 0 Å². The van der Waals surface area contributed by atoms with Crippen LogP contribution >= 0.6 is 15.9 Å². The van der Waals surface area contributed by atoms with Crippen LogP contribution in [0.15, 0.2) is 22.7 Å². The third-order valence-electron chi connectivity index (χ3n) is 3.31. The van der Waals surface area contributed by atoms with Gasteiger partial charge in [0, 0.05) is 28.8 Å². The molecule has 1 fully saturated rings. The SMILES string of the molecule is CC1CN(c2cc(Br)ccc2C(C)O)CC(CO)O1. The number of nitrogens with zero attached hydrogens (tertiary/aromatic N) is 1. The van der Waals surface area contributed by atoms with Gasteiger partial charge in [-0.3, -0.25) is 0 Å². The summed E-state index contributed by atoms with van der Waals surface area (Å²) in [7, 11) is 0. The van der Waals surface area contributed by atoms with Gasteiger partial charge in [0.25, 0.3) is 0 Å². The first kappa shape index (κ1) is 14.8. The molecule has 1 aromatic carbocycles. The van der Waals surface area contributed by atoms with Crippen molar-refractivity contribution in [3.8, 4) is 0 Å². The van der Waals surface area contributed by atoms with E-state index in [2.05, 4.69) is 20.8 Å². The molecule has 0 aliphatic carbocycles. The molecule has 2 N–H and O–H groups in total. The van der Waals surface area contributed by atoms with E-state index in [1.54, 1.807) is 6.92 Å². The molecule has 0 saturated carbocycles. The standard InChI is InChI=1S/C14H20BrNO3/c1-9-6-16(7-12(8-17)19-9)14-5-11(15)3-4-13(14)10(2)18/h3-5,9-10,12,17-18H,6-8H2,1-2H3. The molecular weight excluding hydrogens is 310 g/mol. The predicted molar refractivity (Wildman–Crippen MR) is 78.4 cm³/mol. The Labute approximate surface area is 122 Å². The molecule has 19 heavy (non-hydrogen) atoms. The number of aliphatic hydroxyl groups is 2. The second-order valence-electron chi connectivity index (χ2n) is 5.04. The Morgan fingerprint density at radius 1 is 1.47 bits per heavy atom. The van der Waals surface area contributed by atoms with Crippen LogP contribution in [0, 0.1) is 0 Å². The highest BCUT2D eigenvalue weighted by molar-refractivity contribution is 9.10. The van der Waals surface area contributed by atoms with E-state index < -0.39 is 6.10 Å². The summed E-state index contributed by atoms with van der Waals surface area (Å²) in [6, 6.07) is 5.87. The van der Waals surface area contributed by atoms with Crippen LogP contribution in [-0.4, -0.2) is 42.1 Å². The second kappa shape index (κ2) is 6.22. The number of rotatable bonds is 3. The summed E-state index contributed by atoms with van der Waals surface area (Å²) >= 11 is 3.47. The number of halogens is 1. The van der Waals surface area contributed by atoms with Gasteiger partial charge in [-0.15, -0.1) is 0 Å². The molecule has 2 rings (SSSR count). The number of hydrogen-bond acceptors (Lipinski definition) is 4. The molecule has 1 aliphatic rings. The Morgan fingerprint density at radius 3 is 2.84 bits per heavy atom. The fraction of sp³-hybridized carbons (Fsp3) is 0.571. The molecule has 0 amide bonds. The minimum absolute atomic E-state index is 0.0128. The molecule has 3 unspecified atom stereocenters. The number of aliphatic hydroxyl groups excluding tert-OH is 2. The molecule has 0 aromatic heterocycles. The minimum atomic E-state index is -0.520. The Kier molecular flexibility index (Phi) is 4.84. The van der Waals surface area contributed by atoms with Crippen molar-refractivity contribution in [3.63, 3.8) is 0 Å². The summed E-state index contributed by atoms with van der Waals surface area (Å²) in [5.41, 5.74) is 1.90. The molecule has 0 bridgehead atoms. The van der Waals surface area contributed by atoms with Gasteiger partial charge in [0.15, 0.2) is 0 Å². The van der Waals surface area contributed by atoms with Crippen molar-refractivity contribution >= 4 is 21.6 Å². The Bertz CT molecular complexity index is 439. The highest BCUT2D eigenvalue weighted by Crippen LogP contribution is 2.31. The van der Waals surface area contributed by atoms with Gasteiger partial charge >= 0.3 is 0 Å². The highest BCUT2D eigenvalue weighted by atomic mass is 79.9. The van der Waals surface area contributed by atoms with Gasteiger partial charge in [0.2, 0.25) is 0 Å². The van der Waals surface area contributed by atoms with Gasteiger partial charge < -0.3 is 19.8 Å². The zero-order chi connectivity index (χ0) is 14.0. The summed E-state index contributed by atoms with van der Waals surface area (Å²) < 4.78 is 6.63. The van der Waals surface area contributed by atoms with Crippen LogP contribution in [0.1, 0.15) is 25.5 Å². The minimum Gasteiger partial charge on any atom is -0.394 e. The van der Waals surface area contributed by atoms with Crippen molar-refractivity contribution in [2.75, 3.05) is 24.6 Å². The van der Waals surface area contributed by atoms with Gasteiger partial charge in [-0.05, 0) is 26.0 Å². The van der Waals surface area contributed by atoms with E-state index in [1.807, 2.05) is 25.1 Å². The first-order valence-corrected chi connectivity index (χ1v) is 7.29. The molecular formula is C14H20BrNO3. The van der Waals surface area contributed by atoms with Crippen LogP contribution < -0.4 is 4.90 Å². The fourth-order valence-corrected chi connectivity index (χ4v) is 2.84. The van der Waals surface area contributed by atoms with Crippen molar-refractivity contribution in [1.29, 1.82) is 0 Å². The summed E-state index contributed by atoms with van der Waals surface area (Å²) in [5.74, 6) is 0. The number of morpholine rings is 1. The molecule has 4 nitrogen and oxygen atoms in total. The number of ether oxygens (including phenoxy) is 1. The van der Waals surface area contributed by atoms with E-state index in [9.17, 15) is 10.2 Å². The zero-order valence-electron chi connectivity index (χ0n) is 11.2. The molecule has 1 saturated heterocycles. The van der Waals surface area contributed by atoms with Gasteiger partial charge in [0.05, 0.1) is 24.9 Å². The normalized spacial score (nSPS) is 25.4. The van der Waals surface area contributed by atoms with E-state index in [0.29, 0.717) is 6.54 Å². The first-order valence-electron chi connectivity index (χ1n) is 6.50. The van der Waals surface area contributed by atoms with Crippen molar-refractivity contribution in [1.82, 2.24) is 0 Å². The smallest absolute Gasteiger partial charge is 0.0984 e. The van der Waals surface area contributed by atoms with Gasteiger partial charge in [-0.25, -0.2) is 0 Å². The van der Waals surface area contributed by atoms with Crippen molar-refractivity contribution in [2.24, 2.45) is 0 Å². The van der Waals surface area contributed by atoms with Gasteiger partial charge in [-0.1, -0.05) is 22.0 Å². The first-order chi connectivity index (χ1) is 9.01. The van der Waals surface area contributed by atoms with Crippen LogP contribution in [0.2, 0.25) is 0 Å². The molecule has 5 heteroatoms. The Balaban J connectivity index is 2.31. The van der Waals surface area contributed by atoms with E-state index in [0.717, 1.165) is 22.3 Å². The molecule has 0 radical (unpaired) electrons. The van der Waals surface area contributed by atoms with Crippen LogP contribution in [0.3, 0.4) is 0 Å². The maximum atomic E-state index is 9.89. The molecule has 1 aromatic rings. The predicted octanol–water partition coefficient (Wildman–Crippen LogP) is 2.09. The lowest BCUT2D eigenvalue weighted by Crippen LogP contribution is -2.48. The van der Waals surface area contributed by atoms with E-state index in [4.69, 9.17) is 4.74 Å². The maximum Gasteiger partial charge on any atom is 0.0984 e. The van der Waals surface area contributed by atoms with Gasteiger partial charge in [0.1, 0.15) is 0 Å². The number of hydrogen-bond donors (Lipinski definition) is 2. The molecule has 1 heterocycles. The van der Waals surface area contributed by atoms with Gasteiger partial charge in [-0.2, -0.15) is 0 Å². The lowest BCUT2D eigenvalue weighted by molar-refractivity contribution is -0.0422. The van der Waals surface area contributed by atoms with Crippen molar-refractivity contribution in [3.05, 3.63) is 28.2 Å². The number of anilines is 1. The quantitative estimate of drug-likeness (QED) is 0.891. The molecule has 106 valence electrons. The second-order valence-corrected chi connectivity index (χ2v) is 5.95. The Morgan fingerprint density at radius 2 is 2.21 bits per heavy atom. The summed E-state index contributed by atoms with van der Waals surface area (Å²) in [4.78, 5) is 2.17. The molecule has 3 atom stereocenters. The summed E-state index contributed by atoms with van der Waals surface area (Å²) in [6.45, 7) is 5.16. The molecule has 0 spiro atoms. The van der Waals surface area contributed by atoms with Crippen molar-refractivity contribution in [2.45, 2.75) is 32.2 Å². The monoisotopic (exact) mass is 329 g/mol. The lowest BCUT2D eigenvalue weighted by atomic mass is 10.1. The fourth-order valence-electron chi connectivity index (χ4n) is 2.49. The topological polar surface area (TPSA) is 52.9 Å². The van der Waals surface area contributed by atoms with Crippen LogP contribution in [0.4, 0.5) is 5.69 Å². The lowest BCUT2D eigenvalue weighted by Gasteiger charge is -2.38. The maximum absolute atomic E-state index is 9.89. The summed E-state index contributed by atoms with van der Waals surface area (Å²) in [5, 5.41) is 19.2. The Hall–Kier alpha value is -0.620. The third-order valence-corrected chi connectivity index (χ3v) is 3.81. The number of benzene rings is 1. The van der Waals surface area contributed by atoms with Crippen LogP contribution in [0.5, 0.6) is 0 Å². The van der Waals surface area contributed by atoms with E-state index in [-0.39, 0.29) is 18.8 Å². The summed E-state index contributed by atoms with van der Waals surface area (Å²) in [6.07, 6.45) is -0.634. The van der Waals surface area contributed by atoms with Crippen molar-refractivity contribution < 1.29 is 14.9 Å². The van der Waals surface area contributed by atoms with Crippen LogP contribution in [-0.2, 0) is 4.74 Å². The van der Waals surface area contributed by atoms with Crippen LogP contribution in [0.25, 0.3) is 0 Å². The van der Waals surface area contributed by atoms with E-state index >= 15 is 0 Å². The molecule has 1 aliphatic heterocycles. The zero-order valence-corrected chi connectivity index (χ0v) is 12.8. The highest BCUT2D eigenvalue weighted by Gasteiger charge is 2.26.